The highest BCUT2D eigenvalue weighted by Crippen LogP contribution is 2.35. The Morgan fingerprint density at radius 3 is 2.85 bits per heavy atom. The van der Waals surface area contributed by atoms with E-state index < -0.39 is 28.0 Å². The van der Waals surface area contributed by atoms with Gasteiger partial charge in [-0.25, -0.2) is 14.2 Å². The number of aromatic nitrogens is 1. The molecule has 0 saturated carbocycles. The molecule has 0 fully saturated rings. The largest absolute Gasteiger partial charge is 0.465 e. The van der Waals surface area contributed by atoms with E-state index in [0.717, 1.165) is 24.9 Å². The molecule has 1 aromatic heterocycles. The van der Waals surface area contributed by atoms with Crippen molar-refractivity contribution in [2.45, 2.75) is 10.1 Å². The summed E-state index contributed by atoms with van der Waals surface area (Å²) >= 11 is 0.806. The second-order valence-corrected chi connectivity index (χ2v) is 4.44. The number of nitro groups is 1. The summed E-state index contributed by atoms with van der Waals surface area (Å²) in [6, 6.07) is 1.70. The number of halogens is 1. The van der Waals surface area contributed by atoms with Crippen molar-refractivity contribution in [3.63, 3.8) is 0 Å². The van der Waals surface area contributed by atoms with Crippen molar-refractivity contribution >= 4 is 23.4 Å². The van der Waals surface area contributed by atoms with Gasteiger partial charge < -0.3 is 9.15 Å². The number of carbonyl (C=O) groups is 1. The molecule has 20 heavy (non-hydrogen) atoms. The molecule has 0 saturated heterocycles. The van der Waals surface area contributed by atoms with Gasteiger partial charge in [0.05, 0.1) is 34.8 Å². The van der Waals surface area contributed by atoms with Crippen LogP contribution in [0.1, 0.15) is 10.4 Å². The van der Waals surface area contributed by atoms with Crippen molar-refractivity contribution in [1.82, 2.24) is 4.98 Å². The first-order valence-corrected chi connectivity index (χ1v) is 5.98. The molecule has 0 unspecified atom stereocenters. The van der Waals surface area contributed by atoms with Crippen molar-refractivity contribution in [2.75, 3.05) is 7.11 Å². The van der Waals surface area contributed by atoms with Crippen molar-refractivity contribution in [2.24, 2.45) is 0 Å². The number of hydrogen-bond donors (Lipinski definition) is 0. The molecular formula is C11H7FN2O5S. The van der Waals surface area contributed by atoms with Gasteiger partial charge in [0.25, 0.3) is 10.9 Å². The predicted octanol–water partition coefficient (Wildman–Crippen LogP) is 2.66. The number of hydrogen-bond acceptors (Lipinski definition) is 7. The van der Waals surface area contributed by atoms with Crippen LogP contribution in [0.2, 0.25) is 0 Å². The monoisotopic (exact) mass is 298 g/mol. The molecule has 1 aromatic carbocycles. The summed E-state index contributed by atoms with van der Waals surface area (Å²) in [5.74, 6) is -1.95. The highest BCUT2D eigenvalue weighted by Gasteiger charge is 2.24. The molecule has 2 aromatic rings. The number of oxazole rings is 1. The smallest absolute Gasteiger partial charge is 0.340 e. The molecule has 0 spiro atoms. The van der Waals surface area contributed by atoms with Gasteiger partial charge in [0.15, 0.2) is 0 Å². The maximum absolute atomic E-state index is 13.7. The number of nitro benzene ring substituents is 1. The van der Waals surface area contributed by atoms with E-state index in [1.54, 1.807) is 0 Å². The van der Waals surface area contributed by atoms with Gasteiger partial charge in [-0.05, 0) is 17.8 Å². The Morgan fingerprint density at radius 1 is 1.55 bits per heavy atom. The molecule has 7 nitrogen and oxygen atoms in total. The summed E-state index contributed by atoms with van der Waals surface area (Å²) in [6.45, 7) is 0. The third kappa shape index (κ3) is 2.77. The Balaban J connectivity index is 2.51. The summed E-state index contributed by atoms with van der Waals surface area (Å²) in [5, 5.41) is 11.0. The number of carbonyl (C=O) groups excluding carboxylic acids is 1. The summed E-state index contributed by atoms with van der Waals surface area (Å²) in [7, 11) is 1.09. The molecular weight excluding hydrogens is 291 g/mol. The van der Waals surface area contributed by atoms with Crippen LogP contribution in [0.25, 0.3) is 0 Å². The lowest BCUT2D eigenvalue weighted by Gasteiger charge is -2.05. The first-order valence-electron chi connectivity index (χ1n) is 5.16. The van der Waals surface area contributed by atoms with Crippen molar-refractivity contribution in [3.8, 4) is 0 Å². The fourth-order valence-corrected chi connectivity index (χ4v) is 2.21. The minimum absolute atomic E-state index is 0.0271. The van der Waals surface area contributed by atoms with Gasteiger partial charge in [-0.2, -0.15) is 0 Å². The van der Waals surface area contributed by atoms with Crippen LogP contribution in [0.3, 0.4) is 0 Å². The molecule has 0 N–H and O–H groups in total. The zero-order valence-corrected chi connectivity index (χ0v) is 10.8. The summed E-state index contributed by atoms with van der Waals surface area (Å²) in [6.07, 6.45) is 2.65. The van der Waals surface area contributed by atoms with E-state index in [1.807, 2.05) is 0 Å². The summed E-state index contributed by atoms with van der Waals surface area (Å²) in [5.41, 5.74) is -0.884. The third-order valence-electron chi connectivity index (χ3n) is 2.26. The Kier molecular flexibility index (Phi) is 3.99. The molecule has 0 radical (unpaired) electrons. The second kappa shape index (κ2) is 5.70. The average molecular weight is 298 g/mol. The first kappa shape index (κ1) is 14.0. The van der Waals surface area contributed by atoms with Crippen LogP contribution >= 0.6 is 11.8 Å². The number of ether oxygens (including phenoxy) is 1. The molecule has 0 aliphatic rings. The maximum atomic E-state index is 13.7. The van der Waals surface area contributed by atoms with Crippen LogP contribution < -0.4 is 0 Å². The van der Waals surface area contributed by atoms with E-state index in [9.17, 15) is 19.3 Å². The zero-order chi connectivity index (χ0) is 14.7. The Hall–Kier alpha value is -2.42. The quantitative estimate of drug-likeness (QED) is 0.486. The van der Waals surface area contributed by atoms with E-state index in [-0.39, 0.29) is 10.1 Å². The Bertz CT molecular complexity index is 659. The number of nitrogens with zero attached hydrogens (tertiary/aromatic N) is 2. The number of esters is 1. The number of rotatable bonds is 4. The fourth-order valence-electron chi connectivity index (χ4n) is 1.39. The minimum atomic E-state index is -1.03. The molecule has 0 aliphatic heterocycles. The normalized spacial score (nSPS) is 10.3. The van der Waals surface area contributed by atoms with E-state index >= 15 is 0 Å². The van der Waals surface area contributed by atoms with Gasteiger partial charge in [0.2, 0.25) is 0 Å². The molecule has 9 heteroatoms. The molecule has 0 atom stereocenters. The number of methoxy groups -OCH3 is 1. The van der Waals surface area contributed by atoms with Crippen molar-refractivity contribution in [1.29, 1.82) is 0 Å². The fraction of sp³-hybridized carbons (Fsp3) is 0.0909. The molecule has 0 amide bonds. The van der Waals surface area contributed by atoms with Crippen LogP contribution in [0.5, 0.6) is 0 Å². The van der Waals surface area contributed by atoms with Crippen molar-refractivity contribution in [3.05, 3.63) is 46.1 Å². The highest BCUT2D eigenvalue weighted by molar-refractivity contribution is 7.99. The van der Waals surface area contributed by atoms with Gasteiger partial charge in [-0.3, -0.25) is 10.1 Å². The van der Waals surface area contributed by atoms with Gasteiger partial charge >= 0.3 is 5.97 Å². The summed E-state index contributed by atoms with van der Waals surface area (Å²) < 4.78 is 23.0. The lowest BCUT2D eigenvalue weighted by atomic mass is 10.2. The van der Waals surface area contributed by atoms with E-state index in [4.69, 9.17) is 4.42 Å². The average Bonchev–Trinajstić information content (AvgIpc) is 2.92. The zero-order valence-electron chi connectivity index (χ0n) is 10.0. The van der Waals surface area contributed by atoms with E-state index in [2.05, 4.69) is 9.72 Å². The lowest BCUT2D eigenvalue weighted by molar-refractivity contribution is -0.387. The number of benzene rings is 1. The predicted molar refractivity (Wildman–Crippen MR) is 65.0 cm³/mol. The SMILES string of the molecule is COC(=O)c1cc(Sc2ncco2)c([N+](=O)[O-])cc1F. The van der Waals surface area contributed by atoms with Gasteiger partial charge in [0.1, 0.15) is 12.1 Å². The second-order valence-electron chi connectivity index (χ2n) is 3.45. The molecule has 0 bridgehead atoms. The lowest BCUT2D eigenvalue weighted by Crippen LogP contribution is -2.06. The van der Waals surface area contributed by atoms with E-state index in [1.165, 1.54) is 12.5 Å². The van der Waals surface area contributed by atoms with Crippen molar-refractivity contribution < 1.29 is 23.3 Å². The maximum Gasteiger partial charge on any atom is 0.340 e. The molecule has 1 heterocycles. The third-order valence-corrected chi connectivity index (χ3v) is 3.18. The van der Waals surface area contributed by atoms with Crippen LogP contribution in [0.15, 0.2) is 39.1 Å². The Morgan fingerprint density at radius 2 is 2.30 bits per heavy atom. The van der Waals surface area contributed by atoms with Gasteiger partial charge in [0, 0.05) is 0 Å². The topological polar surface area (TPSA) is 95.5 Å². The van der Waals surface area contributed by atoms with Gasteiger partial charge in [-0.15, -0.1) is 0 Å². The van der Waals surface area contributed by atoms with E-state index in [0.29, 0.717) is 6.07 Å². The first-order chi connectivity index (χ1) is 9.52. The Labute approximate surface area is 115 Å². The molecule has 2 rings (SSSR count). The van der Waals surface area contributed by atoms with Crippen LogP contribution in [0.4, 0.5) is 10.1 Å². The van der Waals surface area contributed by atoms with Gasteiger partial charge in [-0.1, -0.05) is 0 Å². The standard InChI is InChI=1S/C11H7FN2O5S/c1-18-10(15)6-4-9(20-11-13-2-3-19-11)8(14(16)17)5-7(6)12/h2-5H,1H3. The minimum Gasteiger partial charge on any atom is -0.465 e. The van der Waals surface area contributed by atoms with Crippen LogP contribution in [0, 0.1) is 15.9 Å². The van der Waals surface area contributed by atoms with Crippen LogP contribution in [-0.4, -0.2) is 23.0 Å². The molecule has 104 valence electrons. The van der Waals surface area contributed by atoms with Crippen LogP contribution in [-0.2, 0) is 4.74 Å². The molecule has 0 aliphatic carbocycles. The highest BCUT2D eigenvalue weighted by atomic mass is 32.2. The summed E-state index contributed by atoms with van der Waals surface area (Å²) in [4.78, 5) is 25.4.